The van der Waals surface area contributed by atoms with Crippen LogP contribution >= 0.6 is 0 Å². The van der Waals surface area contributed by atoms with Crippen molar-refractivity contribution >= 4 is 11.6 Å². The molecule has 1 aliphatic rings. The normalized spacial score (nSPS) is 12.4. The second-order valence-corrected chi connectivity index (χ2v) is 4.07. The number of nitrogens with one attached hydrogen (secondary N) is 2. The van der Waals surface area contributed by atoms with Crippen LogP contribution in [0.5, 0.6) is 0 Å². The van der Waals surface area contributed by atoms with Gasteiger partial charge in [0.15, 0.2) is 0 Å². The van der Waals surface area contributed by atoms with Crippen molar-refractivity contribution < 1.29 is 4.79 Å². The van der Waals surface area contributed by atoms with Crippen LogP contribution in [0.3, 0.4) is 0 Å². The molecule has 4 nitrogen and oxygen atoms in total. The minimum absolute atomic E-state index is 0.0577. The van der Waals surface area contributed by atoms with Gasteiger partial charge in [-0.15, -0.1) is 0 Å². The Morgan fingerprint density at radius 1 is 1.53 bits per heavy atom. The Labute approximate surface area is 101 Å². The van der Waals surface area contributed by atoms with E-state index in [2.05, 4.69) is 16.7 Å². The van der Waals surface area contributed by atoms with Gasteiger partial charge in [0.2, 0.25) is 0 Å². The third-order valence-electron chi connectivity index (χ3n) is 2.83. The molecule has 2 N–H and O–H groups in total. The first kappa shape index (κ1) is 11.5. The minimum Gasteiger partial charge on any atom is -0.384 e. The molecule has 0 saturated heterocycles. The molecule has 0 unspecified atom stereocenters. The number of benzene rings is 1. The number of unbranched alkanes of at least 4 members (excludes halogenated alkanes) is 1. The predicted octanol–water partition coefficient (Wildman–Crippen LogP) is 1.69. The van der Waals surface area contributed by atoms with Gasteiger partial charge >= 0.3 is 0 Å². The summed E-state index contributed by atoms with van der Waals surface area (Å²) >= 11 is 0. The number of nitrogens with zero attached hydrogens (tertiary/aromatic N) is 1. The second-order valence-electron chi connectivity index (χ2n) is 4.07. The molecule has 1 aliphatic heterocycles. The number of anilines is 1. The van der Waals surface area contributed by atoms with Crippen LogP contribution in [0.25, 0.3) is 0 Å². The topological polar surface area (TPSA) is 64.9 Å². The zero-order valence-corrected chi connectivity index (χ0v) is 9.62. The Hall–Kier alpha value is -2.02. The maximum absolute atomic E-state index is 11.8. The maximum atomic E-state index is 11.8. The Balaban J connectivity index is 1.93. The van der Waals surface area contributed by atoms with E-state index in [0.29, 0.717) is 24.9 Å². The largest absolute Gasteiger partial charge is 0.384 e. The molecule has 1 amide bonds. The summed E-state index contributed by atoms with van der Waals surface area (Å²) in [5.41, 5.74) is 3.03. The van der Waals surface area contributed by atoms with Gasteiger partial charge in [-0.25, -0.2) is 0 Å². The molecular weight excluding hydrogens is 214 g/mol. The van der Waals surface area contributed by atoms with E-state index >= 15 is 0 Å². The summed E-state index contributed by atoms with van der Waals surface area (Å²) < 4.78 is 0. The highest BCUT2D eigenvalue weighted by Crippen LogP contribution is 2.22. The number of carbonyl (C=O) groups excluding carboxylic acids is 1. The molecule has 1 heterocycles. The molecule has 0 bridgehead atoms. The van der Waals surface area contributed by atoms with E-state index in [0.717, 1.165) is 18.7 Å². The number of rotatable bonds is 4. The number of nitriles is 1. The van der Waals surface area contributed by atoms with Gasteiger partial charge < -0.3 is 10.6 Å². The minimum atomic E-state index is -0.0577. The summed E-state index contributed by atoms with van der Waals surface area (Å²) in [7, 11) is 0. The van der Waals surface area contributed by atoms with Crippen molar-refractivity contribution in [2.75, 3.05) is 18.4 Å². The average Bonchev–Trinajstić information content (AvgIpc) is 2.81. The molecule has 0 aromatic heterocycles. The van der Waals surface area contributed by atoms with E-state index in [1.165, 1.54) is 5.56 Å². The van der Waals surface area contributed by atoms with Crippen LogP contribution in [0.15, 0.2) is 18.2 Å². The molecule has 0 fully saturated rings. The Morgan fingerprint density at radius 2 is 2.41 bits per heavy atom. The molecule has 4 heteroatoms. The van der Waals surface area contributed by atoms with E-state index in [1.54, 1.807) is 0 Å². The van der Waals surface area contributed by atoms with Crippen LogP contribution in [0.4, 0.5) is 5.69 Å². The second kappa shape index (κ2) is 5.35. The highest BCUT2D eigenvalue weighted by Gasteiger charge is 2.12. The SMILES string of the molecule is N#CCCCNC(=O)c1ccc2c(c1)CCN2. The predicted molar refractivity (Wildman–Crippen MR) is 65.8 cm³/mol. The Kier molecular flexibility index (Phi) is 3.61. The standard InChI is InChI=1S/C13H15N3O/c14-6-1-2-7-16-13(17)11-3-4-12-10(9-11)5-8-15-12/h3-4,9,15H,1-2,5,7-8H2,(H,16,17). The van der Waals surface area contributed by atoms with Crippen LogP contribution in [0.1, 0.15) is 28.8 Å². The molecule has 0 saturated carbocycles. The van der Waals surface area contributed by atoms with Gasteiger partial charge in [-0.1, -0.05) is 0 Å². The number of carbonyl (C=O) groups is 1. The summed E-state index contributed by atoms with van der Waals surface area (Å²) in [5.74, 6) is -0.0577. The number of amides is 1. The quantitative estimate of drug-likeness (QED) is 0.772. The van der Waals surface area contributed by atoms with Gasteiger partial charge in [0.25, 0.3) is 5.91 Å². The van der Waals surface area contributed by atoms with Crippen molar-refractivity contribution in [3.63, 3.8) is 0 Å². The van der Waals surface area contributed by atoms with Crippen molar-refractivity contribution in [3.8, 4) is 6.07 Å². The fourth-order valence-corrected chi connectivity index (χ4v) is 1.92. The molecule has 0 spiro atoms. The summed E-state index contributed by atoms with van der Waals surface area (Å²) in [4.78, 5) is 11.8. The van der Waals surface area contributed by atoms with Gasteiger partial charge in [0.05, 0.1) is 6.07 Å². The van der Waals surface area contributed by atoms with Gasteiger partial charge in [-0.2, -0.15) is 5.26 Å². The zero-order valence-electron chi connectivity index (χ0n) is 9.62. The zero-order chi connectivity index (χ0) is 12.1. The summed E-state index contributed by atoms with van der Waals surface area (Å²) in [6.45, 7) is 1.50. The Morgan fingerprint density at radius 3 is 3.24 bits per heavy atom. The van der Waals surface area contributed by atoms with Gasteiger partial charge in [-0.3, -0.25) is 4.79 Å². The lowest BCUT2D eigenvalue weighted by Crippen LogP contribution is -2.24. The molecule has 2 rings (SSSR count). The van der Waals surface area contributed by atoms with Crippen molar-refractivity contribution in [1.82, 2.24) is 5.32 Å². The number of hydrogen-bond donors (Lipinski definition) is 2. The van der Waals surface area contributed by atoms with Crippen molar-refractivity contribution in [3.05, 3.63) is 29.3 Å². The van der Waals surface area contributed by atoms with Crippen LogP contribution < -0.4 is 10.6 Å². The van der Waals surface area contributed by atoms with Crippen LogP contribution in [0.2, 0.25) is 0 Å². The van der Waals surface area contributed by atoms with Gasteiger partial charge in [0, 0.05) is 30.8 Å². The molecule has 0 radical (unpaired) electrons. The van der Waals surface area contributed by atoms with Crippen LogP contribution in [-0.4, -0.2) is 19.0 Å². The highest BCUT2D eigenvalue weighted by molar-refractivity contribution is 5.95. The molecule has 0 atom stereocenters. The summed E-state index contributed by atoms with van der Waals surface area (Å²) in [6, 6.07) is 7.78. The van der Waals surface area contributed by atoms with Crippen molar-refractivity contribution in [1.29, 1.82) is 5.26 Å². The molecular formula is C13H15N3O. The van der Waals surface area contributed by atoms with Crippen molar-refractivity contribution in [2.24, 2.45) is 0 Å². The van der Waals surface area contributed by atoms with Gasteiger partial charge in [-0.05, 0) is 36.6 Å². The number of hydrogen-bond acceptors (Lipinski definition) is 3. The number of fused-ring (bicyclic) bond motifs is 1. The molecule has 17 heavy (non-hydrogen) atoms. The summed E-state index contributed by atoms with van der Waals surface area (Å²) in [6.07, 6.45) is 2.16. The monoisotopic (exact) mass is 229 g/mol. The first-order chi connectivity index (χ1) is 8.31. The molecule has 1 aromatic carbocycles. The van der Waals surface area contributed by atoms with E-state index in [1.807, 2.05) is 18.2 Å². The fraction of sp³-hybridized carbons (Fsp3) is 0.385. The van der Waals surface area contributed by atoms with Crippen LogP contribution in [-0.2, 0) is 6.42 Å². The lowest BCUT2D eigenvalue weighted by atomic mass is 10.1. The van der Waals surface area contributed by atoms with Gasteiger partial charge in [0.1, 0.15) is 0 Å². The third-order valence-corrected chi connectivity index (χ3v) is 2.83. The maximum Gasteiger partial charge on any atom is 0.251 e. The first-order valence-electron chi connectivity index (χ1n) is 5.83. The smallest absolute Gasteiger partial charge is 0.251 e. The molecule has 0 aliphatic carbocycles. The Bertz CT molecular complexity index is 462. The first-order valence-corrected chi connectivity index (χ1v) is 5.83. The van der Waals surface area contributed by atoms with E-state index in [-0.39, 0.29) is 5.91 Å². The third kappa shape index (κ3) is 2.76. The fourth-order valence-electron chi connectivity index (χ4n) is 1.92. The highest BCUT2D eigenvalue weighted by atomic mass is 16.1. The van der Waals surface area contributed by atoms with Crippen LogP contribution in [0, 0.1) is 11.3 Å². The van der Waals surface area contributed by atoms with Crippen molar-refractivity contribution in [2.45, 2.75) is 19.3 Å². The lowest BCUT2D eigenvalue weighted by Gasteiger charge is -2.05. The van der Waals surface area contributed by atoms with E-state index < -0.39 is 0 Å². The summed E-state index contributed by atoms with van der Waals surface area (Å²) in [5, 5.41) is 14.5. The molecule has 1 aromatic rings. The lowest BCUT2D eigenvalue weighted by molar-refractivity contribution is 0.0953. The van der Waals surface area contributed by atoms with E-state index in [9.17, 15) is 4.79 Å². The average molecular weight is 229 g/mol. The van der Waals surface area contributed by atoms with E-state index in [4.69, 9.17) is 5.26 Å². The molecule has 88 valence electrons.